The molecule has 130 valence electrons. The summed E-state index contributed by atoms with van der Waals surface area (Å²) in [7, 11) is 0. The largest absolute Gasteiger partial charge is 0.454 e. The summed E-state index contributed by atoms with van der Waals surface area (Å²) in [6.07, 6.45) is 1.47. The number of nitrogens with zero attached hydrogens (tertiary/aromatic N) is 2. The highest BCUT2D eigenvalue weighted by atomic mass is 19.1. The van der Waals surface area contributed by atoms with E-state index in [0.29, 0.717) is 22.9 Å². The van der Waals surface area contributed by atoms with E-state index >= 15 is 0 Å². The lowest BCUT2D eigenvalue weighted by molar-refractivity contribution is 0.102. The number of halogens is 1. The molecule has 1 aliphatic heterocycles. The molecule has 2 N–H and O–H groups in total. The van der Waals surface area contributed by atoms with Gasteiger partial charge >= 0.3 is 0 Å². The third-order valence-electron chi connectivity index (χ3n) is 3.62. The molecular weight excluding hydrogens is 339 g/mol. The highest BCUT2D eigenvalue weighted by molar-refractivity contribution is 6.03. The Morgan fingerprint density at radius 2 is 1.77 bits per heavy atom. The highest BCUT2D eigenvalue weighted by Gasteiger charge is 2.15. The van der Waals surface area contributed by atoms with Crippen LogP contribution in [-0.4, -0.2) is 22.7 Å². The van der Waals surface area contributed by atoms with Crippen molar-refractivity contribution < 1.29 is 18.7 Å². The molecule has 1 aliphatic rings. The molecule has 2 heterocycles. The van der Waals surface area contributed by atoms with Crippen molar-refractivity contribution in [1.29, 1.82) is 0 Å². The van der Waals surface area contributed by atoms with E-state index < -0.39 is 5.91 Å². The fourth-order valence-electron chi connectivity index (χ4n) is 2.38. The van der Waals surface area contributed by atoms with Crippen molar-refractivity contribution in [1.82, 2.24) is 9.97 Å². The second kappa shape index (κ2) is 6.67. The average molecular weight is 352 g/mol. The van der Waals surface area contributed by atoms with E-state index in [1.165, 1.54) is 24.4 Å². The standard InChI is InChI=1S/C18H13FN4O3/c19-11-1-3-12(4-2-11)22-18-20-8-7-14(23-18)17(24)21-13-5-6-15-16(9-13)26-10-25-15/h1-9H,10H2,(H,21,24)(H,20,22,23). The van der Waals surface area contributed by atoms with Crippen LogP contribution in [-0.2, 0) is 0 Å². The molecule has 0 bridgehead atoms. The zero-order valence-electron chi connectivity index (χ0n) is 13.4. The summed E-state index contributed by atoms with van der Waals surface area (Å²) in [6, 6.07) is 12.4. The molecule has 0 unspecified atom stereocenters. The Kier molecular flexibility index (Phi) is 4.06. The van der Waals surface area contributed by atoms with Crippen LogP contribution in [0.4, 0.5) is 21.7 Å². The summed E-state index contributed by atoms with van der Waals surface area (Å²) in [4.78, 5) is 20.6. The van der Waals surface area contributed by atoms with Crippen LogP contribution < -0.4 is 20.1 Å². The zero-order chi connectivity index (χ0) is 17.9. The number of carbonyl (C=O) groups is 1. The van der Waals surface area contributed by atoms with Gasteiger partial charge in [0.1, 0.15) is 11.5 Å². The monoisotopic (exact) mass is 352 g/mol. The summed E-state index contributed by atoms with van der Waals surface area (Å²) in [5.41, 5.74) is 1.35. The molecule has 0 radical (unpaired) electrons. The number of nitrogens with one attached hydrogen (secondary N) is 2. The number of aromatic nitrogens is 2. The Labute approximate surface area is 147 Å². The SMILES string of the molecule is O=C(Nc1ccc2c(c1)OCO2)c1ccnc(Nc2ccc(F)cc2)n1. The predicted molar refractivity (Wildman–Crippen MR) is 92.2 cm³/mol. The van der Waals surface area contributed by atoms with E-state index in [0.717, 1.165) is 0 Å². The first-order valence-corrected chi connectivity index (χ1v) is 7.74. The van der Waals surface area contributed by atoms with Gasteiger partial charge in [-0.25, -0.2) is 14.4 Å². The van der Waals surface area contributed by atoms with E-state index in [4.69, 9.17) is 9.47 Å². The van der Waals surface area contributed by atoms with Gasteiger partial charge in [0.05, 0.1) is 0 Å². The molecule has 0 aliphatic carbocycles. The summed E-state index contributed by atoms with van der Waals surface area (Å²) in [6.45, 7) is 0.164. The molecule has 0 saturated heterocycles. The molecule has 8 heteroatoms. The van der Waals surface area contributed by atoms with Crippen molar-refractivity contribution in [3.63, 3.8) is 0 Å². The number of rotatable bonds is 4. The highest BCUT2D eigenvalue weighted by Crippen LogP contribution is 2.34. The molecule has 0 saturated carbocycles. The number of hydrogen-bond acceptors (Lipinski definition) is 6. The second-order valence-electron chi connectivity index (χ2n) is 5.42. The van der Waals surface area contributed by atoms with E-state index in [2.05, 4.69) is 20.6 Å². The number of carbonyl (C=O) groups excluding carboxylic acids is 1. The van der Waals surface area contributed by atoms with Crippen LogP contribution in [0.2, 0.25) is 0 Å². The number of anilines is 3. The van der Waals surface area contributed by atoms with Crippen molar-refractivity contribution in [3.8, 4) is 11.5 Å². The van der Waals surface area contributed by atoms with Gasteiger partial charge in [0.25, 0.3) is 5.91 Å². The lowest BCUT2D eigenvalue weighted by Crippen LogP contribution is -2.14. The molecule has 4 rings (SSSR count). The van der Waals surface area contributed by atoms with Gasteiger partial charge in [-0.05, 0) is 42.5 Å². The van der Waals surface area contributed by atoms with E-state index in [1.54, 1.807) is 30.3 Å². The Balaban J connectivity index is 1.48. The first-order chi connectivity index (χ1) is 12.7. The maximum atomic E-state index is 13.0. The van der Waals surface area contributed by atoms with Crippen LogP contribution in [0.3, 0.4) is 0 Å². The van der Waals surface area contributed by atoms with Crippen LogP contribution >= 0.6 is 0 Å². The van der Waals surface area contributed by atoms with Gasteiger partial charge in [-0.2, -0.15) is 0 Å². The first kappa shape index (κ1) is 15.8. The van der Waals surface area contributed by atoms with Gasteiger partial charge < -0.3 is 20.1 Å². The van der Waals surface area contributed by atoms with Gasteiger partial charge in [-0.1, -0.05) is 0 Å². The van der Waals surface area contributed by atoms with Crippen LogP contribution in [0, 0.1) is 5.82 Å². The van der Waals surface area contributed by atoms with Crippen molar-refractivity contribution in [2.45, 2.75) is 0 Å². The Morgan fingerprint density at radius 3 is 2.62 bits per heavy atom. The van der Waals surface area contributed by atoms with Crippen molar-refractivity contribution >= 4 is 23.2 Å². The number of ether oxygens (including phenoxy) is 2. The van der Waals surface area contributed by atoms with Gasteiger partial charge in [0.15, 0.2) is 11.5 Å². The molecule has 0 atom stereocenters. The minimum Gasteiger partial charge on any atom is -0.454 e. The zero-order valence-corrected chi connectivity index (χ0v) is 13.4. The normalized spacial score (nSPS) is 11.9. The van der Waals surface area contributed by atoms with Gasteiger partial charge in [0.2, 0.25) is 12.7 Å². The van der Waals surface area contributed by atoms with Gasteiger partial charge in [0, 0.05) is 23.6 Å². The van der Waals surface area contributed by atoms with E-state index in [9.17, 15) is 9.18 Å². The third kappa shape index (κ3) is 3.39. The predicted octanol–water partition coefficient (Wildman–Crippen LogP) is 3.34. The minimum absolute atomic E-state index is 0.164. The lowest BCUT2D eigenvalue weighted by Gasteiger charge is -2.08. The number of benzene rings is 2. The summed E-state index contributed by atoms with van der Waals surface area (Å²) >= 11 is 0. The third-order valence-corrected chi connectivity index (χ3v) is 3.62. The number of hydrogen-bond donors (Lipinski definition) is 2. The quantitative estimate of drug-likeness (QED) is 0.749. The molecule has 1 aromatic heterocycles. The van der Waals surface area contributed by atoms with Crippen LogP contribution in [0.1, 0.15) is 10.5 Å². The van der Waals surface area contributed by atoms with Crippen molar-refractivity contribution in [3.05, 3.63) is 66.2 Å². The topological polar surface area (TPSA) is 85.4 Å². The Hall–Kier alpha value is -3.68. The molecule has 0 fully saturated rings. The Bertz CT molecular complexity index is 963. The van der Waals surface area contributed by atoms with E-state index in [1.807, 2.05) is 0 Å². The first-order valence-electron chi connectivity index (χ1n) is 7.74. The molecule has 1 amide bonds. The molecule has 0 spiro atoms. The molecule has 7 nitrogen and oxygen atoms in total. The molecule has 3 aromatic rings. The smallest absolute Gasteiger partial charge is 0.274 e. The minimum atomic E-state index is -0.395. The number of fused-ring (bicyclic) bond motifs is 1. The van der Waals surface area contributed by atoms with Crippen LogP contribution in [0.5, 0.6) is 11.5 Å². The average Bonchev–Trinajstić information content (AvgIpc) is 3.12. The van der Waals surface area contributed by atoms with Crippen LogP contribution in [0.25, 0.3) is 0 Å². The summed E-state index contributed by atoms with van der Waals surface area (Å²) in [5, 5.41) is 5.66. The maximum Gasteiger partial charge on any atom is 0.274 e. The second-order valence-corrected chi connectivity index (χ2v) is 5.42. The fourth-order valence-corrected chi connectivity index (χ4v) is 2.38. The molecule has 2 aromatic carbocycles. The Morgan fingerprint density at radius 1 is 1.00 bits per heavy atom. The van der Waals surface area contributed by atoms with Gasteiger partial charge in [-0.3, -0.25) is 4.79 Å². The number of amides is 1. The fraction of sp³-hybridized carbons (Fsp3) is 0.0556. The van der Waals surface area contributed by atoms with Crippen molar-refractivity contribution in [2.24, 2.45) is 0 Å². The van der Waals surface area contributed by atoms with Gasteiger partial charge in [-0.15, -0.1) is 0 Å². The molecule has 26 heavy (non-hydrogen) atoms. The molecular formula is C18H13FN4O3. The van der Waals surface area contributed by atoms with Crippen molar-refractivity contribution in [2.75, 3.05) is 17.4 Å². The summed E-state index contributed by atoms with van der Waals surface area (Å²) < 4.78 is 23.5. The van der Waals surface area contributed by atoms with E-state index in [-0.39, 0.29) is 24.3 Å². The maximum absolute atomic E-state index is 13.0. The van der Waals surface area contributed by atoms with Crippen LogP contribution in [0.15, 0.2) is 54.7 Å². The lowest BCUT2D eigenvalue weighted by atomic mass is 10.2. The summed E-state index contributed by atoms with van der Waals surface area (Å²) in [5.74, 6) is 0.705.